The van der Waals surface area contributed by atoms with E-state index in [4.69, 9.17) is 0 Å². The van der Waals surface area contributed by atoms with E-state index in [0.717, 1.165) is 38.2 Å². The van der Waals surface area contributed by atoms with Crippen molar-refractivity contribution in [1.82, 2.24) is 4.90 Å². The number of hydrogen-bond donors (Lipinski definition) is 0. The van der Waals surface area contributed by atoms with Crippen LogP contribution < -0.4 is 4.90 Å². The van der Waals surface area contributed by atoms with Gasteiger partial charge in [0.15, 0.2) is 0 Å². The Labute approximate surface area is 161 Å². The van der Waals surface area contributed by atoms with Crippen LogP contribution in [0.1, 0.15) is 50.7 Å². The highest BCUT2D eigenvalue weighted by Gasteiger charge is 2.27. The number of hydrogen-bond acceptors (Lipinski definition) is 2. The van der Waals surface area contributed by atoms with Crippen LogP contribution in [-0.4, -0.2) is 29.9 Å². The molecule has 0 bridgehead atoms. The molecule has 144 valence electrons. The maximum absolute atomic E-state index is 13.2. The van der Waals surface area contributed by atoms with Crippen molar-refractivity contribution in [2.45, 2.75) is 52.1 Å². The minimum atomic E-state index is -0.277. The molecule has 0 atom stereocenters. The first-order chi connectivity index (χ1) is 12.9. The number of halogens is 1. The standard InChI is InChI=1S/C23H29FN2O/c1-17(2)20-6-4-19(5-7-20)16-25-14-12-23(13-15-25)26(18(3)27)22-10-8-21(24)9-11-22/h4-11,17,23H,12-16H2,1-3H3. The minimum absolute atomic E-state index is 0.0179. The van der Waals surface area contributed by atoms with E-state index in [9.17, 15) is 9.18 Å². The maximum Gasteiger partial charge on any atom is 0.224 e. The molecular weight excluding hydrogens is 339 g/mol. The van der Waals surface area contributed by atoms with Gasteiger partial charge in [-0.3, -0.25) is 9.69 Å². The van der Waals surface area contributed by atoms with Crippen LogP contribution in [0.3, 0.4) is 0 Å². The fraction of sp³-hybridized carbons (Fsp3) is 0.435. The van der Waals surface area contributed by atoms with Crippen LogP contribution in [0.4, 0.5) is 10.1 Å². The lowest BCUT2D eigenvalue weighted by molar-refractivity contribution is -0.117. The summed E-state index contributed by atoms with van der Waals surface area (Å²) in [7, 11) is 0. The summed E-state index contributed by atoms with van der Waals surface area (Å²) >= 11 is 0. The van der Waals surface area contributed by atoms with E-state index in [0.29, 0.717) is 5.92 Å². The Kier molecular flexibility index (Phi) is 6.27. The molecule has 1 saturated heterocycles. The zero-order chi connectivity index (χ0) is 19.4. The van der Waals surface area contributed by atoms with Gasteiger partial charge < -0.3 is 4.90 Å². The Hall–Kier alpha value is -2.20. The summed E-state index contributed by atoms with van der Waals surface area (Å²) in [5.74, 6) is 0.295. The summed E-state index contributed by atoms with van der Waals surface area (Å²) in [6.07, 6.45) is 1.86. The predicted molar refractivity (Wildman–Crippen MR) is 108 cm³/mol. The van der Waals surface area contributed by atoms with Crippen molar-refractivity contribution < 1.29 is 9.18 Å². The van der Waals surface area contributed by atoms with Gasteiger partial charge in [-0.2, -0.15) is 0 Å². The van der Waals surface area contributed by atoms with E-state index in [1.165, 1.54) is 23.3 Å². The van der Waals surface area contributed by atoms with E-state index in [1.807, 2.05) is 4.90 Å². The van der Waals surface area contributed by atoms with Gasteiger partial charge >= 0.3 is 0 Å². The Morgan fingerprint density at radius 1 is 1.07 bits per heavy atom. The van der Waals surface area contributed by atoms with Crippen LogP contribution in [-0.2, 0) is 11.3 Å². The Morgan fingerprint density at radius 2 is 1.67 bits per heavy atom. The summed E-state index contributed by atoms with van der Waals surface area (Å²) in [5.41, 5.74) is 3.49. The van der Waals surface area contributed by atoms with Crippen LogP contribution >= 0.6 is 0 Å². The molecule has 0 aliphatic carbocycles. The average Bonchev–Trinajstić information content (AvgIpc) is 2.65. The zero-order valence-corrected chi connectivity index (χ0v) is 16.5. The van der Waals surface area contributed by atoms with Gasteiger partial charge in [0, 0.05) is 38.3 Å². The second kappa shape index (κ2) is 8.66. The molecule has 1 fully saturated rings. The first kappa shape index (κ1) is 19.6. The van der Waals surface area contributed by atoms with Crippen molar-refractivity contribution in [3.8, 4) is 0 Å². The van der Waals surface area contributed by atoms with Crippen LogP contribution in [0.25, 0.3) is 0 Å². The van der Waals surface area contributed by atoms with Crippen LogP contribution in [0.15, 0.2) is 48.5 Å². The van der Waals surface area contributed by atoms with Crippen molar-refractivity contribution in [2.75, 3.05) is 18.0 Å². The van der Waals surface area contributed by atoms with Gasteiger partial charge in [-0.15, -0.1) is 0 Å². The van der Waals surface area contributed by atoms with Crippen LogP contribution in [0, 0.1) is 5.82 Å². The molecule has 0 saturated carbocycles. The van der Waals surface area contributed by atoms with Gasteiger partial charge in [0.05, 0.1) is 0 Å². The number of carbonyl (C=O) groups excluding carboxylic acids is 1. The summed E-state index contributed by atoms with van der Waals surface area (Å²) in [6.45, 7) is 8.88. The number of nitrogens with zero attached hydrogens (tertiary/aromatic N) is 2. The molecule has 27 heavy (non-hydrogen) atoms. The molecule has 2 aromatic carbocycles. The third kappa shape index (κ3) is 4.95. The number of amides is 1. The lowest BCUT2D eigenvalue weighted by Crippen LogP contribution is -2.46. The SMILES string of the molecule is CC(=O)N(c1ccc(F)cc1)C1CCN(Cc2ccc(C(C)C)cc2)CC1. The Bertz CT molecular complexity index is 747. The smallest absolute Gasteiger partial charge is 0.224 e. The Morgan fingerprint density at radius 3 is 2.19 bits per heavy atom. The topological polar surface area (TPSA) is 23.6 Å². The van der Waals surface area contributed by atoms with E-state index >= 15 is 0 Å². The first-order valence-electron chi connectivity index (χ1n) is 9.80. The lowest BCUT2D eigenvalue weighted by Gasteiger charge is -2.38. The number of carbonyl (C=O) groups is 1. The van der Waals surface area contributed by atoms with Gasteiger partial charge in [0.25, 0.3) is 0 Å². The number of benzene rings is 2. The third-order valence-electron chi connectivity index (χ3n) is 5.42. The van der Waals surface area contributed by atoms with Crippen molar-refractivity contribution >= 4 is 11.6 Å². The largest absolute Gasteiger partial charge is 0.310 e. The molecule has 1 heterocycles. The molecule has 0 N–H and O–H groups in total. The first-order valence-corrected chi connectivity index (χ1v) is 9.80. The number of piperidine rings is 1. The zero-order valence-electron chi connectivity index (χ0n) is 16.5. The van der Waals surface area contributed by atoms with Crippen molar-refractivity contribution in [3.05, 3.63) is 65.5 Å². The lowest BCUT2D eigenvalue weighted by atomic mass is 9.99. The van der Waals surface area contributed by atoms with Gasteiger partial charge in [0.1, 0.15) is 5.82 Å². The fourth-order valence-corrected chi connectivity index (χ4v) is 3.85. The molecule has 2 aromatic rings. The van der Waals surface area contributed by atoms with Gasteiger partial charge in [-0.25, -0.2) is 4.39 Å². The summed E-state index contributed by atoms with van der Waals surface area (Å²) in [6, 6.07) is 15.3. The van der Waals surface area contributed by atoms with E-state index in [1.54, 1.807) is 19.1 Å². The van der Waals surface area contributed by atoms with Gasteiger partial charge in [-0.1, -0.05) is 38.1 Å². The van der Waals surface area contributed by atoms with Crippen molar-refractivity contribution in [1.29, 1.82) is 0 Å². The fourth-order valence-electron chi connectivity index (χ4n) is 3.85. The average molecular weight is 368 g/mol. The number of anilines is 1. The molecule has 3 nitrogen and oxygen atoms in total. The van der Waals surface area contributed by atoms with Gasteiger partial charge in [0.2, 0.25) is 5.91 Å². The summed E-state index contributed by atoms with van der Waals surface area (Å²) in [5, 5.41) is 0. The molecule has 1 amide bonds. The molecule has 3 rings (SSSR count). The highest BCUT2D eigenvalue weighted by atomic mass is 19.1. The molecule has 0 radical (unpaired) electrons. The number of likely N-dealkylation sites (tertiary alicyclic amines) is 1. The van der Waals surface area contributed by atoms with E-state index < -0.39 is 0 Å². The molecule has 4 heteroatoms. The number of rotatable bonds is 5. The highest BCUT2D eigenvalue weighted by Crippen LogP contribution is 2.25. The molecule has 0 unspecified atom stereocenters. The van der Waals surface area contributed by atoms with Crippen LogP contribution in [0.2, 0.25) is 0 Å². The maximum atomic E-state index is 13.2. The Balaban J connectivity index is 1.60. The van der Waals surface area contributed by atoms with Crippen molar-refractivity contribution in [3.63, 3.8) is 0 Å². The second-order valence-corrected chi connectivity index (χ2v) is 7.77. The summed E-state index contributed by atoms with van der Waals surface area (Å²) in [4.78, 5) is 16.5. The van der Waals surface area contributed by atoms with Crippen LogP contribution in [0.5, 0.6) is 0 Å². The third-order valence-corrected chi connectivity index (χ3v) is 5.42. The van der Waals surface area contributed by atoms with E-state index in [2.05, 4.69) is 43.0 Å². The van der Waals surface area contributed by atoms with Crippen molar-refractivity contribution in [2.24, 2.45) is 0 Å². The highest BCUT2D eigenvalue weighted by molar-refractivity contribution is 5.92. The second-order valence-electron chi connectivity index (χ2n) is 7.77. The van der Waals surface area contributed by atoms with Gasteiger partial charge in [-0.05, 0) is 54.2 Å². The molecule has 1 aliphatic rings. The normalized spacial score (nSPS) is 15.9. The van der Waals surface area contributed by atoms with E-state index in [-0.39, 0.29) is 17.8 Å². The monoisotopic (exact) mass is 368 g/mol. The summed E-state index contributed by atoms with van der Waals surface area (Å²) < 4.78 is 13.2. The molecule has 1 aliphatic heterocycles. The predicted octanol–water partition coefficient (Wildman–Crippen LogP) is 4.97. The molecule has 0 aromatic heterocycles. The quantitative estimate of drug-likeness (QED) is 0.744. The molecular formula is C23H29FN2O. The minimum Gasteiger partial charge on any atom is -0.310 e. The molecule has 0 spiro atoms.